The Morgan fingerprint density at radius 3 is 2.65 bits per heavy atom. The van der Waals surface area contributed by atoms with Crippen molar-refractivity contribution in [1.29, 1.82) is 0 Å². The zero-order valence-electron chi connectivity index (χ0n) is 10.2. The molecule has 94 valence electrons. The summed E-state index contributed by atoms with van der Waals surface area (Å²) in [5.41, 5.74) is 6.18. The van der Waals surface area contributed by atoms with Crippen LogP contribution in [0, 0.1) is 0 Å². The zero-order valence-corrected chi connectivity index (χ0v) is 11.8. The van der Waals surface area contributed by atoms with Crippen molar-refractivity contribution in [3.8, 4) is 0 Å². The lowest BCUT2D eigenvalue weighted by molar-refractivity contribution is -0.105. The number of hydrogen-bond acceptors (Lipinski definition) is 7. The summed E-state index contributed by atoms with van der Waals surface area (Å²) in [6.07, 6.45) is 0. The topological polar surface area (TPSA) is 77.6 Å². The molecule has 0 aliphatic carbocycles. The van der Waals surface area contributed by atoms with Crippen molar-refractivity contribution in [2.75, 3.05) is 12.8 Å². The zero-order chi connectivity index (χ0) is 13.1. The van der Waals surface area contributed by atoms with Crippen molar-refractivity contribution in [1.82, 2.24) is 4.98 Å². The van der Waals surface area contributed by atoms with Crippen LogP contribution in [-0.4, -0.2) is 27.7 Å². The third-order valence-corrected chi connectivity index (χ3v) is 3.20. The monoisotopic (exact) mass is 273 g/mol. The quantitative estimate of drug-likeness (QED) is 0.674. The van der Waals surface area contributed by atoms with Crippen LogP contribution < -0.4 is 5.73 Å². The van der Waals surface area contributed by atoms with Crippen molar-refractivity contribution < 1.29 is 9.63 Å². The molecular weight excluding hydrogens is 258 g/mol. The molecule has 0 aliphatic rings. The van der Waals surface area contributed by atoms with Crippen molar-refractivity contribution in [2.24, 2.45) is 5.16 Å². The third-order valence-electron chi connectivity index (χ3n) is 1.54. The molecule has 0 spiro atoms. The lowest BCUT2D eigenvalue weighted by Gasteiger charge is -2.15. The summed E-state index contributed by atoms with van der Waals surface area (Å²) in [7, 11) is 1.39. The first-order chi connectivity index (χ1) is 7.83. The predicted molar refractivity (Wildman–Crippen MR) is 72.4 cm³/mol. The van der Waals surface area contributed by atoms with Gasteiger partial charge in [-0.3, -0.25) is 4.79 Å². The average Bonchev–Trinajstić information content (AvgIpc) is 2.58. The molecule has 1 rings (SSSR count). The van der Waals surface area contributed by atoms with Gasteiger partial charge in [0.05, 0.1) is 0 Å². The number of oxime groups is 1. The average molecular weight is 273 g/mol. The second kappa shape index (κ2) is 5.50. The minimum Gasteiger partial charge on any atom is -0.398 e. The van der Waals surface area contributed by atoms with Crippen LogP contribution in [0.5, 0.6) is 0 Å². The molecule has 0 fully saturated rings. The van der Waals surface area contributed by atoms with Gasteiger partial charge in [-0.25, -0.2) is 4.98 Å². The number of nitrogens with zero attached hydrogens (tertiary/aromatic N) is 2. The molecule has 0 aliphatic heterocycles. The first-order valence-electron chi connectivity index (χ1n) is 4.89. The van der Waals surface area contributed by atoms with E-state index in [-0.39, 0.29) is 15.6 Å². The van der Waals surface area contributed by atoms with Crippen molar-refractivity contribution in [3.63, 3.8) is 0 Å². The molecule has 0 bridgehead atoms. The molecule has 17 heavy (non-hydrogen) atoms. The molecule has 5 nitrogen and oxygen atoms in total. The highest BCUT2D eigenvalue weighted by atomic mass is 32.2. The molecule has 0 amide bonds. The van der Waals surface area contributed by atoms with Gasteiger partial charge < -0.3 is 10.6 Å². The number of thiazole rings is 1. The SMILES string of the molecule is CON=C(C(=O)SC(C)(C)C)c1csc(N)n1. The second-order valence-corrected chi connectivity index (χ2v) is 6.88. The van der Waals surface area contributed by atoms with Crippen LogP contribution in [-0.2, 0) is 9.63 Å². The number of nitrogen functional groups attached to an aromatic ring is 1. The molecule has 0 unspecified atom stereocenters. The van der Waals surface area contributed by atoms with Gasteiger partial charge in [0, 0.05) is 10.1 Å². The Morgan fingerprint density at radius 1 is 1.59 bits per heavy atom. The summed E-state index contributed by atoms with van der Waals surface area (Å²) in [6, 6.07) is 0. The van der Waals surface area contributed by atoms with Gasteiger partial charge in [0.25, 0.3) is 0 Å². The standard InChI is InChI=1S/C10H15N3O2S2/c1-10(2,3)17-8(14)7(13-15-4)6-5-16-9(11)12-6/h5H,1-4H3,(H2,11,12). The van der Waals surface area contributed by atoms with E-state index in [9.17, 15) is 4.79 Å². The van der Waals surface area contributed by atoms with Gasteiger partial charge >= 0.3 is 0 Å². The Morgan fingerprint density at radius 2 is 2.24 bits per heavy atom. The fourth-order valence-corrected chi connectivity index (χ4v) is 2.35. The van der Waals surface area contributed by atoms with Crippen LogP contribution in [0.1, 0.15) is 26.5 Å². The van der Waals surface area contributed by atoms with E-state index in [2.05, 4.69) is 15.0 Å². The summed E-state index contributed by atoms with van der Waals surface area (Å²) in [5, 5.41) is 5.64. The van der Waals surface area contributed by atoms with E-state index in [0.717, 1.165) is 0 Å². The molecule has 7 heteroatoms. The van der Waals surface area contributed by atoms with Gasteiger partial charge in [-0.1, -0.05) is 37.7 Å². The summed E-state index contributed by atoms with van der Waals surface area (Å²) in [5.74, 6) is 0. The summed E-state index contributed by atoms with van der Waals surface area (Å²) < 4.78 is -0.187. The molecule has 0 saturated carbocycles. The van der Waals surface area contributed by atoms with E-state index in [4.69, 9.17) is 5.73 Å². The Bertz CT molecular complexity index is 435. The number of thioether (sulfide) groups is 1. The van der Waals surface area contributed by atoms with Crippen LogP contribution >= 0.6 is 23.1 Å². The largest absolute Gasteiger partial charge is 0.398 e. The fourth-order valence-electron chi connectivity index (χ4n) is 1.00. The summed E-state index contributed by atoms with van der Waals surface area (Å²) >= 11 is 2.45. The third kappa shape index (κ3) is 4.35. The maximum Gasteiger partial charge on any atom is 0.243 e. The number of hydrogen-bond donors (Lipinski definition) is 1. The number of rotatable bonds is 3. The van der Waals surface area contributed by atoms with E-state index < -0.39 is 0 Å². The van der Waals surface area contributed by atoms with Crippen LogP contribution in [0.25, 0.3) is 0 Å². The second-order valence-electron chi connectivity index (χ2n) is 4.20. The highest BCUT2D eigenvalue weighted by Crippen LogP contribution is 2.26. The van der Waals surface area contributed by atoms with Crippen molar-refractivity contribution >= 4 is 39.1 Å². The molecule has 0 saturated heterocycles. The minimum atomic E-state index is -0.187. The molecule has 0 aromatic carbocycles. The van der Waals surface area contributed by atoms with Gasteiger partial charge in [-0.05, 0) is 0 Å². The molecule has 0 atom stereocenters. The number of aromatic nitrogens is 1. The summed E-state index contributed by atoms with van der Waals surface area (Å²) in [4.78, 5) is 20.7. The maximum atomic E-state index is 12.0. The number of anilines is 1. The normalized spacial score (nSPS) is 12.6. The summed E-state index contributed by atoms with van der Waals surface area (Å²) in [6.45, 7) is 5.86. The molecule has 2 N–H and O–H groups in total. The molecule has 1 heterocycles. The van der Waals surface area contributed by atoms with Gasteiger partial charge in [-0.15, -0.1) is 11.3 Å². The van der Waals surface area contributed by atoms with Gasteiger partial charge in [0.15, 0.2) is 10.8 Å². The molecule has 1 aromatic heterocycles. The smallest absolute Gasteiger partial charge is 0.243 e. The fraction of sp³-hybridized carbons (Fsp3) is 0.500. The molecule has 1 aromatic rings. The van der Waals surface area contributed by atoms with E-state index >= 15 is 0 Å². The number of nitrogens with two attached hydrogens (primary N) is 1. The highest BCUT2D eigenvalue weighted by molar-refractivity contribution is 8.16. The van der Waals surface area contributed by atoms with Crippen molar-refractivity contribution in [2.45, 2.75) is 25.5 Å². The minimum absolute atomic E-state index is 0.176. The van der Waals surface area contributed by atoms with E-state index in [1.54, 1.807) is 5.38 Å². The Balaban J connectivity index is 2.95. The van der Waals surface area contributed by atoms with E-state index in [1.165, 1.54) is 30.2 Å². The van der Waals surface area contributed by atoms with Gasteiger partial charge in [-0.2, -0.15) is 0 Å². The van der Waals surface area contributed by atoms with Crippen molar-refractivity contribution in [3.05, 3.63) is 11.1 Å². The highest BCUT2D eigenvalue weighted by Gasteiger charge is 2.24. The number of carbonyl (C=O) groups is 1. The van der Waals surface area contributed by atoms with Gasteiger partial charge in [0.2, 0.25) is 5.12 Å². The van der Waals surface area contributed by atoms with Crippen LogP contribution in [0.3, 0.4) is 0 Å². The van der Waals surface area contributed by atoms with Crippen LogP contribution in [0.2, 0.25) is 0 Å². The van der Waals surface area contributed by atoms with Crippen LogP contribution in [0.15, 0.2) is 10.5 Å². The van der Waals surface area contributed by atoms with E-state index in [1.807, 2.05) is 20.8 Å². The van der Waals surface area contributed by atoms with Crippen LogP contribution in [0.4, 0.5) is 5.13 Å². The molecular formula is C10H15N3O2S2. The Labute approximate surface area is 108 Å². The molecule has 0 radical (unpaired) electrons. The lowest BCUT2D eigenvalue weighted by Crippen LogP contribution is -2.20. The Kier molecular flexibility index (Phi) is 4.53. The van der Waals surface area contributed by atoms with Gasteiger partial charge in [0.1, 0.15) is 12.8 Å². The Hall–Kier alpha value is -1.08. The first kappa shape index (κ1) is 14.0. The maximum absolute atomic E-state index is 12.0. The lowest BCUT2D eigenvalue weighted by atomic mass is 10.3. The predicted octanol–water partition coefficient (Wildman–Crippen LogP) is 2.13. The first-order valence-corrected chi connectivity index (χ1v) is 6.59. The van der Waals surface area contributed by atoms with E-state index in [0.29, 0.717) is 10.8 Å². The number of carbonyl (C=O) groups excluding carboxylic acids is 1.